The topological polar surface area (TPSA) is 155 Å². The zero-order valence-electron chi connectivity index (χ0n) is 38.1. The predicted octanol–water partition coefficient (Wildman–Crippen LogP) is 7.09. The summed E-state index contributed by atoms with van der Waals surface area (Å²) in [7, 11) is 3.37. The molecule has 0 radical (unpaired) electrons. The molecule has 2 aromatic carbocycles. The minimum atomic E-state index is -3.21. The van der Waals surface area contributed by atoms with E-state index in [0.29, 0.717) is 42.9 Å². The van der Waals surface area contributed by atoms with Gasteiger partial charge >= 0.3 is 5.92 Å². The van der Waals surface area contributed by atoms with E-state index in [4.69, 9.17) is 26.4 Å². The molecule has 2 amide bonds. The molecule has 7 heterocycles. The number of piperidine rings is 1. The van der Waals surface area contributed by atoms with Crippen LogP contribution in [0.5, 0.6) is 5.75 Å². The van der Waals surface area contributed by atoms with Crippen LogP contribution in [0.3, 0.4) is 0 Å². The van der Waals surface area contributed by atoms with E-state index in [0.717, 1.165) is 87.2 Å². The van der Waals surface area contributed by atoms with Gasteiger partial charge in [0.05, 0.1) is 46.3 Å². The van der Waals surface area contributed by atoms with Crippen molar-refractivity contribution in [1.82, 2.24) is 34.5 Å². The fourth-order valence-electron chi connectivity index (χ4n) is 11.5. The number of anilines is 5. The average molecular weight is 942 g/mol. The molecule has 354 valence electrons. The maximum atomic E-state index is 15.8. The third-order valence-corrected chi connectivity index (χ3v) is 15.8. The molecular weight excluding hydrogens is 887 g/mol. The average Bonchev–Trinajstić information content (AvgIpc) is 4.08. The highest BCUT2D eigenvalue weighted by atomic mass is 35.5. The summed E-state index contributed by atoms with van der Waals surface area (Å²) in [5.74, 6) is -4.01. The Morgan fingerprint density at radius 3 is 2.45 bits per heavy atom. The molecule has 2 atom stereocenters. The summed E-state index contributed by atoms with van der Waals surface area (Å²) in [4.78, 5) is 54.2. The van der Waals surface area contributed by atoms with Crippen LogP contribution in [-0.4, -0.2) is 104 Å². The van der Waals surface area contributed by atoms with Crippen LogP contribution >= 0.6 is 11.6 Å². The molecule has 2 saturated carbocycles. The van der Waals surface area contributed by atoms with Gasteiger partial charge in [-0.25, -0.2) is 18.2 Å². The predicted molar refractivity (Wildman–Crippen MR) is 250 cm³/mol. The highest BCUT2D eigenvalue weighted by Crippen LogP contribution is 2.49. The van der Waals surface area contributed by atoms with Crippen molar-refractivity contribution in [3.63, 3.8) is 0 Å². The van der Waals surface area contributed by atoms with Crippen molar-refractivity contribution in [3.05, 3.63) is 63.4 Å². The van der Waals surface area contributed by atoms with Crippen molar-refractivity contribution in [1.29, 1.82) is 0 Å². The van der Waals surface area contributed by atoms with Gasteiger partial charge in [-0.15, -0.1) is 0 Å². The number of amides is 2. The molecular formula is C48H55ClF3N11O4. The summed E-state index contributed by atoms with van der Waals surface area (Å²) < 4.78 is 54.8. The van der Waals surface area contributed by atoms with Gasteiger partial charge in [-0.3, -0.25) is 29.3 Å². The number of hydrogen-bond acceptors (Lipinski definition) is 12. The van der Waals surface area contributed by atoms with E-state index in [1.807, 2.05) is 11.7 Å². The number of benzene rings is 2. The molecule has 2 aliphatic carbocycles. The summed E-state index contributed by atoms with van der Waals surface area (Å²) in [6.07, 6.45) is 8.07. The highest BCUT2D eigenvalue weighted by Gasteiger charge is 2.51. The second-order valence-corrected chi connectivity index (χ2v) is 21.0. The number of carbonyl (C=O) groups is 2. The van der Waals surface area contributed by atoms with Crippen LogP contribution in [0.2, 0.25) is 5.02 Å². The van der Waals surface area contributed by atoms with Crippen LogP contribution < -0.4 is 36.0 Å². The number of aromatic nitrogens is 5. The molecule has 11 rings (SSSR count). The Balaban J connectivity index is 0.719. The van der Waals surface area contributed by atoms with Gasteiger partial charge in [0, 0.05) is 93.3 Å². The minimum Gasteiger partial charge on any atom is -0.480 e. The maximum absolute atomic E-state index is 15.8. The fraction of sp³-hybridized carbons (Fsp3) is 0.542. The first kappa shape index (κ1) is 43.9. The first-order valence-electron chi connectivity index (χ1n) is 23.4. The molecule has 3 saturated heterocycles. The largest absolute Gasteiger partial charge is 0.480 e. The Hall–Kier alpha value is -5.62. The second-order valence-electron chi connectivity index (χ2n) is 20.6. The lowest BCUT2D eigenvalue weighted by atomic mass is 9.66. The lowest BCUT2D eigenvalue weighted by molar-refractivity contribution is -0.134. The van der Waals surface area contributed by atoms with Gasteiger partial charge in [-0.1, -0.05) is 11.6 Å². The van der Waals surface area contributed by atoms with Gasteiger partial charge in [-0.05, 0) is 94.9 Å². The standard InChI is InChI=1S/C48H55ClF3N11O4/c1-46(2)22-61(28-7-8-29-36(17-28)60(4)58-38(29)30-9-10-37(64)55-43(30)65)15-16-63(46)21-26-11-13-47(14-12-26)23-62(24-47)45-53-20-32(49)42(57-45)54-34-18-31-35(19-33(34)50)59(3)44(66)40-39(31)56-41(27-5-6-27)48(51,52)25-67-40/h7-8,17-20,26-27,30,41,56H,5-6,9-16,21-25H2,1-4H3,(H,53,54,57)(H,55,64,65). The summed E-state index contributed by atoms with van der Waals surface area (Å²) in [5, 5.41) is 14.7. The minimum absolute atomic E-state index is 0.0111. The van der Waals surface area contributed by atoms with Crippen molar-refractivity contribution >= 4 is 74.0 Å². The van der Waals surface area contributed by atoms with Gasteiger partial charge in [0.25, 0.3) is 5.56 Å². The Bertz CT molecular complexity index is 2900. The third kappa shape index (κ3) is 7.80. The van der Waals surface area contributed by atoms with Crippen molar-refractivity contribution in [2.24, 2.45) is 31.3 Å². The Kier molecular flexibility index (Phi) is 10.5. The number of rotatable bonds is 8. The van der Waals surface area contributed by atoms with Crippen LogP contribution in [0.1, 0.15) is 76.8 Å². The zero-order chi connectivity index (χ0) is 46.7. The van der Waals surface area contributed by atoms with Gasteiger partial charge in [-0.2, -0.15) is 10.1 Å². The van der Waals surface area contributed by atoms with Crippen molar-refractivity contribution in [2.75, 3.05) is 66.3 Å². The number of ether oxygens (including phenoxy) is 1. The van der Waals surface area contributed by atoms with E-state index >= 15 is 13.2 Å². The van der Waals surface area contributed by atoms with E-state index in [2.05, 4.69) is 67.7 Å². The highest BCUT2D eigenvalue weighted by molar-refractivity contribution is 6.33. The fourth-order valence-corrected chi connectivity index (χ4v) is 11.6. The molecule has 19 heteroatoms. The molecule has 5 aromatic rings. The van der Waals surface area contributed by atoms with Crippen LogP contribution in [0, 0.1) is 23.1 Å². The summed E-state index contributed by atoms with van der Waals surface area (Å²) in [6, 6.07) is 7.85. The number of piperazine rings is 1. The molecule has 15 nitrogen and oxygen atoms in total. The van der Waals surface area contributed by atoms with Gasteiger partial charge in [0.15, 0.2) is 12.4 Å². The molecule has 4 aliphatic heterocycles. The van der Waals surface area contributed by atoms with Gasteiger partial charge in [0.2, 0.25) is 23.5 Å². The number of halogens is 4. The normalized spacial score (nSPS) is 23.9. The summed E-state index contributed by atoms with van der Waals surface area (Å²) in [5.41, 5.74) is 2.68. The second kappa shape index (κ2) is 16.0. The van der Waals surface area contributed by atoms with Gasteiger partial charge in [0.1, 0.15) is 10.8 Å². The lowest BCUT2D eigenvalue weighted by Gasteiger charge is -2.54. The number of aryl methyl sites for hydroxylation is 2. The SMILES string of the molecule is Cn1nc(C2CCC(=O)NC2=O)c2ccc(N3CCN(CC4CCC5(CC4)CN(c4ncc(Cl)c(Nc6cc7c8c(c(=O)n(C)c7cc6F)OCC(F)(F)C(C6CC6)N8)n4)C5)C(C)(C)C3)cc21. The van der Waals surface area contributed by atoms with E-state index in [1.54, 1.807) is 0 Å². The van der Waals surface area contributed by atoms with Crippen molar-refractivity contribution in [2.45, 2.75) is 88.6 Å². The van der Waals surface area contributed by atoms with Crippen molar-refractivity contribution in [3.8, 4) is 5.75 Å². The van der Waals surface area contributed by atoms with Crippen molar-refractivity contribution < 1.29 is 27.5 Å². The number of carbonyl (C=O) groups excluding carboxylic acids is 2. The Labute approximate surface area is 390 Å². The van der Waals surface area contributed by atoms with E-state index in [1.165, 1.54) is 29.9 Å². The smallest absolute Gasteiger partial charge is 0.301 e. The van der Waals surface area contributed by atoms with Crippen LogP contribution in [0.15, 0.2) is 41.3 Å². The molecule has 1 spiro atoms. The van der Waals surface area contributed by atoms with E-state index in [-0.39, 0.29) is 62.2 Å². The quantitative estimate of drug-likeness (QED) is 0.136. The molecule has 6 aliphatic rings. The molecule has 3 N–H and O–H groups in total. The summed E-state index contributed by atoms with van der Waals surface area (Å²) in [6.45, 7) is 9.14. The van der Waals surface area contributed by atoms with E-state index < -0.39 is 35.9 Å². The Morgan fingerprint density at radius 1 is 0.940 bits per heavy atom. The van der Waals surface area contributed by atoms with Gasteiger partial charge < -0.3 is 29.7 Å². The Morgan fingerprint density at radius 2 is 1.72 bits per heavy atom. The third-order valence-electron chi connectivity index (χ3n) is 15.5. The summed E-state index contributed by atoms with van der Waals surface area (Å²) >= 11 is 6.60. The zero-order valence-corrected chi connectivity index (χ0v) is 38.9. The monoisotopic (exact) mass is 941 g/mol. The first-order valence-corrected chi connectivity index (χ1v) is 23.8. The van der Waals surface area contributed by atoms with Crippen LogP contribution in [0.4, 0.5) is 42.0 Å². The number of pyridine rings is 1. The molecule has 0 bridgehead atoms. The molecule has 3 aromatic heterocycles. The first-order chi connectivity index (χ1) is 32.0. The number of nitrogens with one attached hydrogen (secondary N) is 3. The lowest BCUT2D eigenvalue weighted by Crippen LogP contribution is -2.61. The van der Waals surface area contributed by atoms with Crippen LogP contribution in [-0.2, 0) is 23.7 Å². The maximum Gasteiger partial charge on any atom is 0.301 e. The van der Waals surface area contributed by atoms with E-state index in [9.17, 15) is 14.4 Å². The number of nitrogens with zero attached hydrogens (tertiary/aromatic N) is 8. The van der Waals surface area contributed by atoms with Crippen LogP contribution in [0.25, 0.3) is 21.8 Å². The number of alkyl halides is 2. The molecule has 67 heavy (non-hydrogen) atoms. The number of imide groups is 1. The number of hydrogen-bond donors (Lipinski definition) is 3. The molecule has 2 unspecified atom stereocenters. The number of fused-ring (bicyclic) bond motifs is 4. The molecule has 5 fully saturated rings.